The highest BCUT2D eigenvalue weighted by molar-refractivity contribution is 6.06. The molecule has 34 heavy (non-hydrogen) atoms. The lowest BCUT2D eigenvalue weighted by molar-refractivity contribution is -0.129. The van der Waals surface area contributed by atoms with E-state index in [1.807, 2.05) is 25.1 Å². The first-order valence-corrected chi connectivity index (χ1v) is 11.1. The van der Waals surface area contributed by atoms with Gasteiger partial charge in [-0.25, -0.2) is 4.79 Å². The molecule has 0 saturated heterocycles. The Morgan fingerprint density at radius 1 is 1.09 bits per heavy atom. The van der Waals surface area contributed by atoms with E-state index in [0.29, 0.717) is 35.9 Å². The van der Waals surface area contributed by atoms with E-state index in [1.165, 1.54) is 9.80 Å². The zero-order valence-electron chi connectivity index (χ0n) is 20.5. The van der Waals surface area contributed by atoms with E-state index in [0.717, 1.165) is 11.1 Å². The number of nitrogens with one attached hydrogen (secondary N) is 1. The number of benzene rings is 2. The van der Waals surface area contributed by atoms with Gasteiger partial charge in [-0.3, -0.25) is 9.59 Å². The number of urea groups is 1. The van der Waals surface area contributed by atoms with Crippen molar-refractivity contribution in [2.75, 3.05) is 47.2 Å². The number of ether oxygens (including phenoxy) is 2. The minimum absolute atomic E-state index is 0.101. The van der Waals surface area contributed by atoms with Gasteiger partial charge in [0.25, 0.3) is 5.91 Å². The monoisotopic (exact) mass is 468 g/mol. The molecule has 1 aliphatic rings. The highest BCUT2D eigenvalue weighted by atomic mass is 16.5. The highest BCUT2D eigenvalue weighted by Crippen LogP contribution is 2.39. The minimum Gasteiger partial charge on any atom is -0.493 e. The smallest absolute Gasteiger partial charge is 0.321 e. The summed E-state index contributed by atoms with van der Waals surface area (Å²) in [6.45, 7) is 2.65. The standard InChI is InChI=1S/C25H32N4O5/c1-7-34-21-13-16(11-12-20(21)33-6)19(14-22(30)27(2)3)29-15-17-9-8-10-18(23(17)24(29)31)26-25(32)28(4)5/h8-13,19H,7,14-15H2,1-6H3,(H,26,32). The summed E-state index contributed by atoms with van der Waals surface area (Å²) in [5, 5.41) is 2.80. The maximum Gasteiger partial charge on any atom is 0.321 e. The van der Waals surface area contributed by atoms with Crippen LogP contribution in [0.15, 0.2) is 36.4 Å². The molecule has 0 radical (unpaired) electrons. The predicted octanol–water partition coefficient (Wildman–Crippen LogP) is 3.36. The number of carbonyl (C=O) groups excluding carboxylic acids is 3. The second-order valence-corrected chi connectivity index (χ2v) is 8.45. The van der Waals surface area contributed by atoms with Gasteiger partial charge in [-0.2, -0.15) is 0 Å². The molecule has 1 N–H and O–H groups in total. The lowest BCUT2D eigenvalue weighted by atomic mass is 10.0. The summed E-state index contributed by atoms with van der Waals surface area (Å²) in [6, 6.07) is 9.98. The van der Waals surface area contributed by atoms with Gasteiger partial charge in [-0.05, 0) is 36.2 Å². The second-order valence-electron chi connectivity index (χ2n) is 8.45. The van der Waals surface area contributed by atoms with Crippen molar-refractivity contribution in [2.45, 2.75) is 25.9 Å². The number of hydrogen-bond donors (Lipinski definition) is 1. The SMILES string of the molecule is CCOc1cc(C(CC(=O)N(C)C)N2Cc3cccc(NC(=O)N(C)C)c3C2=O)ccc1OC. The first-order valence-electron chi connectivity index (χ1n) is 11.1. The molecule has 1 aliphatic heterocycles. The fraction of sp³-hybridized carbons (Fsp3) is 0.400. The Morgan fingerprint density at radius 3 is 2.44 bits per heavy atom. The third kappa shape index (κ3) is 5.08. The van der Waals surface area contributed by atoms with Crippen LogP contribution in [0.2, 0.25) is 0 Å². The molecule has 182 valence electrons. The molecule has 4 amide bonds. The quantitative estimate of drug-likeness (QED) is 0.642. The molecule has 0 spiro atoms. The molecule has 9 heteroatoms. The second kappa shape index (κ2) is 10.5. The zero-order chi connectivity index (χ0) is 25.0. The maximum absolute atomic E-state index is 13.6. The first kappa shape index (κ1) is 24.9. The van der Waals surface area contributed by atoms with Crippen molar-refractivity contribution in [2.24, 2.45) is 0 Å². The molecule has 9 nitrogen and oxygen atoms in total. The van der Waals surface area contributed by atoms with E-state index in [-0.39, 0.29) is 24.3 Å². The average Bonchev–Trinajstić information content (AvgIpc) is 3.14. The van der Waals surface area contributed by atoms with Gasteiger partial charge in [0.1, 0.15) is 0 Å². The Morgan fingerprint density at radius 2 is 1.82 bits per heavy atom. The molecule has 0 fully saturated rings. The summed E-state index contributed by atoms with van der Waals surface area (Å²) in [4.78, 5) is 43.2. The van der Waals surface area contributed by atoms with Gasteiger partial charge in [0.05, 0.1) is 37.4 Å². The van der Waals surface area contributed by atoms with Gasteiger partial charge < -0.3 is 29.5 Å². The van der Waals surface area contributed by atoms with E-state index >= 15 is 0 Å². The zero-order valence-corrected chi connectivity index (χ0v) is 20.5. The number of hydrogen-bond acceptors (Lipinski definition) is 5. The summed E-state index contributed by atoms with van der Waals surface area (Å²) in [5.74, 6) is 0.777. The van der Waals surface area contributed by atoms with E-state index < -0.39 is 6.04 Å². The Balaban J connectivity index is 2.02. The molecule has 0 aromatic heterocycles. The molecule has 0 bridgehead atoms. The summed E-state index contributed by atoms with van der Waals surface area (Å²) < 4.78 is 11.1. The van der Waals surface area contributed by atoms with Gasteiger partial charge in [0.2, 0.25) is 5.91 Å². The van der Waals surface area contributed by atoms with Crippen LogP contribution < -0.4 is 14.8 Å². The highest BCUT2D eigenvalue weighted by Gasteiger charge is 2.37. The van der Waals surface area contributed by atoms with Crippen LogP contribution in [0.4, 0.5) is 10.5 Å². The largest absolute Gasteiger partial charge is 0.493 e. The van der Waals surface area contributed by atoms with Crippen LogP contribution in [-0.2, 0) is 11.3 Å². The van der Waals surface area contributed by atoms with Crippen molar-refractivity contribution in [1.29, 1.82) is 0 Å². The average molecular weight is 469 g/mol. The van der Waals surface area contributed by atoms with E-state index in [2.05, 4.69) is 5.32 Å². The molecule has 0 aliphatic carbocycles. The van der Waals surface area contributed by atoms with E-state index in [1.54, 1.807) is 58.4 Å². The Labute approximate surface area is 200 Å². The number of rotatable bonds is 8. The van der Waals surface area contributed by atoms with Crippen LogP contribution in [0, 0.1) is 0 Å². The van der Waals surface area contributed by atoms with Gasteiger partial charge in [0.15, 0.2) is 11.5 Å². The maximum atomic E-state index is 13.6. The van der Waals surface area contributed by atoms with Crippen LogP contribution in [-0.4, -0.2) is 74.5 Å². The van der Waals surface area contributed by atoms with E-state index in [4.69, 9.17) is 9.47 Å². The van der Waals surface area contributed by atoms with Gasteiger partial charge >= 0.3 is 6.03 Å². The van der Waals surface area contributed by atoms with Crippen LogP contribution in [0.1, 0.15) is 40.9 Å². The molecule has 1 unspecified atom stereocenters. The van der Waals surface area contributed by atoms with Crippen molar-refractivity contribution in [3.05, 3.63) is 53.1 Å². The van der Waals surface area contributed by atoms with Crippen molar-refractivity contribution in [1.82, 2.24) is 14.7 Å². The van der Waals surface area contributed by atoms with Crippen molar-refractivity contribution in [3.8, 4) is 11.5 Å². The van der Waals surface area contributed by atoms with Crippen molar-refractivity contribution >= 4 is 23.5 Å². The number of anilines is 1. The molecule has 0 saturated carbocycles. The normalized spacial score (nSPS) is 13.2. The first-order chi connectivity index (χ1) is 16.2. The molecule has 1 heterocycles. The molecule has 2 aromatic carbocycles. The van der Waals surface area contributed by atoms with Gasteiger partial charge in [0, 0.05) is 34.7 Å². The van der Waals surface area contributed by atoms with Crippen LogP contribution in [0.5, 0.6) is 11.5 Å². The molecular weight excluding hydrogens is 436 g/mol. The molecule has 2 aromatic rings. The lowest BCUT2D eigenvalue weighted by Gasteiger charge is -2.29. The number of amides is 4. The number of fused-ring (bicyclic) bond motifs is 1. The lowest BCUT2D eigenvalue weighted by Crippen LogP contribution is -2.34. The summed E-state index contributed by atoms with van der Waals surface area (Å²) in [6.07, 6.45) is 0.101. The van der Waals surface area contributed by atoms with Crippen LogP contribution in [0.25, 0.3) is 0 Å². The third-order valence-corrected chi connectivity index (χ3v) is 5.73. The molecular formula is C25H32N4O5. The van der Waals surface area contributed by atoms with E-state index in [9.17, 15) is 14.4 Å². The van der Waals surface area contributed by atoms with Gasteiger partial charge in [-0.15, -0.1) is 0 Å². The van der Waals surface area contributed by atoms with Crippen molar-refractivity contribution in [3.63, 3.8) is 0 Å². The summed E-state index contributed by atoms with van der Waals surface area (Å²) >= 11 is 0. The number of methoxy groups -OCH3 is 1. The molecule has 1 atom stereocenters. The Hall–Kier alpha value is -3.75. The number of carbonyl (C=O) groups is 3. The topological polar surface area (TPSA) is 91.4 Å². The van der Waals surface area contributed by atoms with Crippen LogP contribution in [0.3, 0.4) is 0 Å². The Kier molecular flexibility index (Phi) is 7.65. The fourth-order valence-corrected chi connectivity index (χ4v) is 3.89. The fourth-order valence-electron chi connectivity index (χ4n) is 3.89. The molecule has 3 rings (SSSR count). The Bertz CT molecular complexity index is 1080. The van der Waals surface area contributed by atoms with Gasteiger partial charge in [-0.1, -0.05) is 18.2 Å². The number of nitrogens with zero attached hydrogens (tertiary/aromatic N) is 3. The van der Waals surface area contributed by atoms with Crippen molar-refractivity contribution < 1.29 is 23.9 Å². The summed E-state index contributed by atoms with van der Waals surface area (Å²) in [7, 11) is 8.21. The van der Waals surface area contributed by atoms with Crippen LogP contribution >= 0.6 is 0 Å². The minimum atomic E-state index is -0.530. The third-order valence-electron chi connectivity index (χ3n) is 5.73. The predicted molar refractivity (Wildman–Crippen MR) is 129 cm³/mol. The summed E-state index contributed by atoms with van der Waals surface area (Å²) in [5.41, 5.74) is 2.45.